The summed E-state index contributed by atoms with van der Waals surface area (Å²) < 4.78 is 28.4. The second kappa shape index (κ2) is 10.2. The normalized spacial score (nSPS) is 19.5. The van der Waals surface area contributed by atoms with Crippen LogP contribution in [0.2, 0.25) is 0 Å². The molecule has 0 spiro atoms. The van der Waals surface area contributed by atoms with Crippen molar-refractivity contribution in [1.82, 2.24) is 5.32 Å². The zero-order valence-corrected chi connectivity index (χ0v) is 15.9. The van der Waals surface area contributed by atoms with Crippen molar-refractivity contribution >= 4 is 0 Å². The maximum Gasteiger partial charge on any atom is 0.203 e. The van der Waals surface area contributed by atoms with Crippen molar-refractivity contribution in [2.45, 2.75) is 12.2 Å². The zero-order chi connectivity index (χ0) is 18.9. The molecule has 0 bridgehead atoms. The van der Waals surface area contributed by atoms with E-state index >= 15 is 0 Å². The van der Waals surface area contributed by atoms with Crippen LogP contribution in [0.15, 0.2) is 48.5 Å². The van der Waals surface area contributed by atoms with Crippen molar-refractivity contribution in [3.8, 4) is 17.2 Å². The highest BCUT2D eigenvalue weighted by atomic mass is 16.6. The standard InChI is InChI=1S/C21H27NO5/c1-23-17-9-6-10-18(24-2)21(17)26-12-11-22-15-19-20(27-14-13-25-19)16-7-4-3-5-8-16/h3-10,19-20,22H,11-15H2,1-2H3/t19-,20+/m1/s1. The quantitative estimate of drug-likeness (QED) is 0.682. The lowest BCUT2D eigenvalue weighted by Crippen LogP contribution is -2.40. The molecule has 1 aliphatic heterocycles. The Balaban J connectivity index is 1.48. The zero-order valence-electron chi connectivity index (χ0n) is 15.9. The fourth-order valence-corrected chi connectivity index (χ4v) is 3.12. The number of ether oxygens (including phenoxy) is 5. The van der Waals surface area contributed by atoms with Crippen LogP contribution in [0.4, 0.5) is 0 Å². The van der Waals surface area contributed by atoms with Gasteiger partial charge in [-0.1, -0.05) is 36.4 Å². The van der Waals surface area contributed by atoms with Gasteiger partial charge in [-0.05, 0) is 17.7 Å². The van der Waals surface area contributed by atoms with Gasteiger partial charge in [0.1, 0.15) is 18.8 Å². The lowest BCUT2D eigenvalue weighted by molar-refractivity contribution is -0.140. The Morgan fingerprint density at radius 3 is 2.33 bits per heavy atom. The Morgan fingerprint density at radius 2 is 1.63 bits per heavy atom. The molecular weight excluding hydrogens is 346 g/mol. The van der Waals surface area contributed by atoms with Crippen LogP contribution in [0.5, 0.6) is 17.2 Å². The van der Waals surface area contributed by atoms with Gasteiger partial charge in [-0.15, -0.1) is 0 Å². The van der Waals surface area contributed by atoms with Gasteiger partial charge in [-0.3, -0.25) is 0 Å². The summed E-state index contributed by atoms with van der Waals surface area (Å²) in [6.45, 7) is 3.08. The summed E-state index contributed by atoms with van der Waals surface area (Å²) in [6.07, 6.45) is -0.0790. The molecular formula is C21H27NO5. The Labute approximate surface area is 160 Å². The molecule has 2 aromatic rings. The van der Waals surface area contributed by atoms with Gasteiger partial charge in [0.15, 0.2) is 11.5 Å². The minimum absolute atomic E-state index is 0.0260. The van der Waals surface area contributed by atoms with Crippen LogP contribution in [0.3, 0.4) is 0 Å². The molecule has 1 saturated heterocycles. The van der Waals surface area contributed by atoms with Crippen LogP contribution in [0, 0.1) is 0 Å². The molecule has 2 aromatic carbocycles. The molecule has 0 amide bonds. The third-order valence-corrected chi connectivity index (χ3v) is 4.43. The number of hydrogen-bond donors (Lipinski definition) is 1. The molecule has 1 heterocycles. The number of nitrogens with one attached hydrogen (secondary N) is 1. The molecule has 0 saturated carbocycles. The van der Waals surface area contributed by atoms with Gasteiger partial charge < -0.3 is 29.0 Å². The minimum atomic E-state index is -0.0531. The van der Waals surface area contributed by atoms with E-state index in [1.54, 1.807) is 14.2 Å². The SMILES string of the molecule is COc1cccc(OC)c1OCCNC[C@H]1OCCO[C@H]1c1ccccc1. The largest absolute Gasteiger partial charge is 0.493 e. The Morgan fingerprint density at radius 1 is 0.926 bits per heavy atom. The molecule has 1 N–H and O–H groups in total. The Kier molecular flexibility index (Phi) is 7.33. The van der Waals surface area contributed by atoms with Gasteiger partial charge in [0.25, 0.3) is 0 Å². The minimum Gasteiger partial charge on any atom is -0.493 e. The second-order valence-electron chi connectivity index (χ2n) is 6.16. The van der Waals surface area contributed by atoms with E-state index in [1.807, 2.05) is 36.4 Å². The fraction of sp³-hybridized carbons (Fsp3) is 0.429. The van der Waals surface area contributed by atoms with Crippen molar-refractivity contribution in [2.24, 2.45) is 0 Å². The van der Waals surface area contributed by atoms with Crippen LogP contribution in [-0.2, 0) is 9.47 Å². The summed E-state index contributed by atoms with van der Waals surface area (Å²) in [5.74, 6) is 1.92. The highest BCUT2D eigenvalue weighted by molar-refractivity contribution is 5.51. The third-order valence-electron chi connectivity index (χ3n) is 4.43. The van der Waals surface area contributed by atoms with E-state index < -0.39 is 0 Å². The summed E-state index contributed by atoms with van der Waals surface area (Å²) in [4.78, 5) is 0. The van der Waals surface area contributed by atoms with Gasteiger partial charge in [0, 0.05) is 13.1 Å². The average Bonchev–Trinajstić information content (AvgIpc) is 2.74. The summed E-state index contributed by atoms with van der Waals surface area (Å²) in [5, 5.41) is 3.39. The highest BCUT2D eigenvalue weighted by Gasteiger charge is 2.27. The molecule has 3 rings (SSSR count). The van der Waals surface area contributed by atoms with Crippen molar-refractivity contribution in [3.05, 3.63) is 54.1 Å². The third kappa shape index (κ3) is 5.13. The molecule has 27 heavy (non-hydrogen) atoms. The van der Waals surface area contributed by atoms with E-state index in [1.165, 1.54) is 0 Å². The number of para-hydroxylation sites is 1. The molecule has 1 aliphatic rings. The molecule has 0 aliphatic carbocycles. The van der Waals surface area contributed by atoms with Crippen LogP contribution in [0.1, 0.15) is 11.7 Å². The van der Waals surface area contributed by atoms with E-state index in [4.69, 9.17) is 23.7 Å². The molecule has 6 nitrogen and oxygen atoms in total. The van der Waals surface area contributed by atoms with Gasteiger partial charge in [-0.25, -0.2) is 0 Å². The molecule has 1 fully saturated rings. The fourth-order valence-electron chi connectivity index (χ4n) is 3.12. The molecule has 0 unspecified atom stereocenters. The summed E-state index contributed by atoms with van der Waals surface area (Å²) in [5.41, 5.74) is 1.14. The number of benzene rings is 2. The number of rotatable bonds is 9. The van der Waals surface area contributed by atoms with E-state index in [-0.39, 0.29) is 12.2 Å². The smallest absolute Gasteiger partial charge is 0.203 e. The van der Waals surface area contributed by atoms with Gasteiger partial charge in [0.2, 0.25) is 5.75 Å². The molecule has 6 heteroatoms. The predicted molar refractivity (Wildman–Crippen MR) is 103 cm³/mol. The Hall–Kier alpha value is -2.28. The molecule has 2 atom stereocenters. The monoisotopic (exact) mass is 373 g/mol. The van der Waals surface area contributed by atoms with Crippen molar-refractivity contribution in [3.63, 3.8) is 0 Å². The van der Waals surface area contributed by atoms with Gasteiger partial charge in [0.05, 0.1) is 27.4 Å². The van der Waals surface area contributed by atoms with Crippen LogP contribution in [-0.4, -0.2) is 53.2 Å². The highest BCUT2D eigenvalue weighted by Crippen LogP contribution is 2.36. The van der Waals surface area contributed by atoms with E-state index in [0.29, 0.717) is 50.2 Å². The summed E-state index contributed by atoms with van der Waals surface area (Å²) in [6, 6.07) is 15.8. The Bertz CT molecular complexity index is 672. The second-order valence-corrected chi connectivity index (χ2v) is 6.16. The molecule has 0 radical (unpaired) electrons. The maximum atomic E-state index is 5.93. The first-order valence-electron chi connectivity index (χ1n) is 9.16. The summed E-state index contributed by atoms with van der Waals surface area (Å²) in [7, 11) is 3.23. The maximum absolute atomic E-state index is 5.93. The van der Waals surface area contributed by atoms with Crippen molar-refractivity contribution in [1.29, 1.82) is 0 Å². The molecule has 146 valence electrons. The van der Waals surface area contributed by atoms with Crippen molar-refractivity contribution in [2.75, 3.05) is 47.1 Å². The predicted octanol–water partition coefficient (Wildman–Crippen LogP) is 2.83. The average molecular weight is 373 g/mol. The van der Waals surface area contributed by atoms with E-state index in [0.717, 1.165) is 5.56 Å². The van der Waals surface area contributed by atoms with E-state index in [2.05, 4.69) is 17.4 Å². The first-order chi connectivity index (χ1) is 13.3. The van der Waals surface area contributed by atoms with Crippen molar-refractivity contribution < 1.29 is 23.7 Å². The topological polar surface area (TPSA) is 58.2 Å². The number of hydrogen-bond acceptors (Lipinski definition) is 6. The van der Waals surface area contributed by atoms with E-state index in [9.17, 15) is 0 Å². The number of methoxy groups -OCH3 is 2. The van der Waals surface area contributed by atoms with Crippen LogP contribution < -0.4 is 19.5 Å². The van der Waals surface area contributed by atoms with Gasteiger partial charge in [-0.2, -0.15) is 0 Å². The van der Waals surface area contributed by atoms with Crippen LogP contribution in [0.25, 0.3) is 0 Å². The lowest BCUT2D eigenvalue weighted by atomic mass is 10.0. The van der Waals surface area contributed by atoms with Gasteiger partial charge >= 0.3 is 0 Å². The molecule has 0 aromatic heterocycles. The van der Waals surface area contributed by atoms with Crippen LogP contribution >= 0.6 is 0 Å². The first-order valence-corrected chi connectivity index (χ1v) is 9.16. The lowest BCUT2D eigenvalue weighted by Gasteiger charge is -2.32. The first kappa shape index (κ1) is 19.5. The summed E-state index contributed by atoms with van der Waals surface area (Å²) >= 11 is 0.